The molecule has 0 saturated heterocycles. The second-order valence-electron chi connectivity index (χ2n) is 7.72. The Labute approximate surface area is 191 Å². The first kappa shape index (κ1) is 22.2. The lowest BCUT2D eigenvalue weighted by molar-refractivity contribution is -0.114. The summed E-state index contributed by atoms with van der Waals surface area (Å²) >= 11 is 0.796. The number of nitrogens with zero attached hydrogens (tertiary/aromatic N) is 4. The van der Waals surface area contributed by atoms with Crippen molar-refractivity contribution in [3.63, 3.8) is 0 Å². The van der Waals surface area contributed by atoms with Crippen molar-refractivity contribution in [2.24, 2.45) is 10.1 Å². The molecule has 2 aromatic rings. The van der Waals surface area contributed by atoms with Crippen molar-refractivity contribution in [1.29, 1.82) is 5.41 Å². The molecule has 1 N–H and O–H groups in total. The Morgan fingerprint density at radius 1 is 1.12 bits per heavy atom. The van der Waals surface area contributed by atoms with Gasteiger partial charge in [-0.2, -0.15) is 10.0 Å². The van der Waals surface area contributed by atoms with Crippen LogP contribution >= 0.6 is 11.8 Å². The Kier molecular flexibility index (Phi) is 5.46. The predicted molar refractivity (Wildman–Crippen MR) is 129 cm³/mol. The van der Waals surface area contributed by atoms with Crippen molar-refractivity contribution in [2.45, 2.75) is 34.6 Å². The third-order valence-corrected chi connectivity index (χ3v) is 8.69. The van der Waals surface area contributed by atoms with Crippen LogP contribution in [0, 0.1) is 33.1 Å². The van der Waals surface area contributed by atoms with E-state index in [1.807, 2.05) is 19.9 Å². The van der Waals surface area contributed by atoms with Gasteiger partial charge in [-0.25, -0.2) is 8.42 Å². The summed E-state index contributed by atoms with van der Waals surface area (Å²) < 4.78 is 26.3. The highest BCUT2D eigenvalue weighted by atomic mass is 32.3. The van der Waals surface area contributed by atoms with Crippen LogP contribution in [-0.4, -0.2) is 45.0 Å². The Morgan fingerprint density at radius 2 is 1.84 bits per heavy atom. The van der Waals surface area contributed by atoms with E-state index in [0.29, 0.717) is 0 Å². The van der Waals surface area contributed by atoms with Crippen LogP contribution in [0.1, 0.15) is 35.0 Å². The van der Waals surface area contributed by atoms with Gasteiger partial charge < -0.3 is 4.57 Å². The number of nitrogens with one attached hydrogen (secondary N) is 1. The van der Waals surface area contributed by atoms with Gasteiger partial charge in [-0.05, 0) is 80.4 Å². The maximum Gasteiger partial charge on any atom is 0.283 e. The lowest BCUT2D eigenvalue weighted by Gasteiger charge is -2.20. The van der Waals surface area contributed by atoms with E-state index in [1.165, 1.54) is 18.1 Å². The van der Waals surface area contributed by atoms with Gasteiger partial charge >= 0.3 is 0 Å². The number of rotatable bonds is 3. The third kappa shape index (κ3) is 3.63. The number of hydrazone groups is 1. The molecule has 0 bridgehead atoms. The minimum atomic E-state index is -3.56. The zero-order chi connectivity index (χ0) is 23.4. The zero-order valence-corrected chi connectivity index (χ0v) is 20.1. The van der Waals surface area contributed by atoms with Crippen LogP contribution in [0.2, 0.25) is 0 Å². The minimum absolute atomic E-state index is 0.0635. The molecule has 2 aliphatic rings. The number of carbonyl (C=O) groups is 1. The summed E-state index contributed by atoms with van der Waals surface area (Å²) in [5.74, 6) is -0.895. The van der Waals surface area contributed by atoms with Gasteiger partial charge in [0.2, 0.25) is 19.4 Å². The molecule has 1 amide bonds. The molecule has 1 aromatic carbocycles. The summed E-state index contributed by atoms with van der Waals surface area (Å²) in [6.45, 7) is 9.59. The van der Waals surface area contributed by atoms with Crippen LogP contribution in [0.25, 0.3) is 11.8 Å². The lowest BCUT2D eigenvalue weighted by atomic mass is 10.1. The van der Waals surface area contributed by atoms with Crippen molar-refractivity contribution in [3.8, 4) is 5.69 Å². The molecule has 0 radical (unpaired) electrons. The van der Waals surface area contributed by atoms with Crippen LogP contribution in [0.5, 0.6) is 0 Å². The van der Waals surface area contributed by atoms with E-state index in [-0.39, 0.29) is 26.7 Å². The number of benzene rings is 1. The molecule has 1 aromatic heterocycles. The van der Waals surface area contributed by atoms with Crippen molar-refractivity contribution in [1.82, 2.24) is 9.58 Å². The maximum atomic E-state index is 12.7. The van der Waals surface area contributed by atoms with E-state index in [4.69, 9.17) is 5.41 Å². The molecule has 0 spiro atoms. The standard InChI is InChI=1S/C22H23N5O3S2/c1-6-32(29,30)22-25-27-19(23)18(20(28)24-21(27)31-22)11-16-10-14(4)26(15(16)5)17-8-7-12(2)13(3)9-17/h7-11,23H,6H2,1-5H3/b18-11+,23-19?. The number of sulfone groups is 1. The van der Waals surface area contributed by atoms with Crippen molar-refractivity contribution in [2.75, 3.05) is 5.75 Å². The summed E-state index contributed by atoms with van der Waals surface area (Å²) in [7, 11) is -3.56. The number of aromatic nitrogens is 1. The van der Waals surface area contributed by atoms with Gasteiger partial charge in [0.15, 0.2) is 5.84 Å². The van der Waals surface area contributed by atoms with Gasteiger partial charge in [0, 0.05) is 17.1 Å². The molecule has 0 aliphatic carbocycles. The number of aryl methyl sites for hydroxylation is 3. The fourth-order valence-corrected chi connectivity index (χ4v) is 5.74. The number of aliphatic imine (C=N–C) groups is 1. The lowest BCUT2D eigenvalue weighted by Crippen LogP contribution is -2.35. The molecule has 0 atom stereocenters. The normalized spacial score (nSPS) is 17.7. The van der Waals surface area contributed by atoms with E-state index < -0.39 is 15.7 Å². The van der Waals surface area contributed by atoms with Crippen molar-refractivity contribution < 1.29 is 13.2 Å². The number of hydrogen-bond donors (Lipinski definition) is 1. The highest BCUT2D eigenvalue weighted by molar-refractivity contribution is 8.42. The molecule has 0 saturated carbocycles. The number of amidine groups is 2. The topological polar surface area (TPSA) is 108 Å². The highest BCUT2D eigenvalue weighted by Gasteiger charge is 2.39. The Balaban J connectivity index is 1.75. The molecule has 4 rings (SSSR count). The second-order valence-corrected chi connectivity index (χ2v) is 11.1. The summed E-state index contributed by atoms with van der Waals surface area (Å²) in [6.07, 6.45) is 1.62. The van der Waals surface area contributed by atoms with Gasteiger partial charge in [0.05, 0.1) is 11.3 Å². The fraction of sp³-hybridized carbons (Fsp3) is 0.273. The molecule has 2 aliphatic heterocycles. The number of amides is 1. The summed E-state index contributed by atoms with van der Waals surface area (Å²) in [4.78, 5) is 16.7. The Bertz CT molecular complexity index is 1380. The first-order valence-corrected chi connectivity index (χ1v) is 12.5. The van der Waals surface area contributed by atoms with E-state index in [9.17, 15) is 13.2 Å². The molecular weight excluding hydrogens is 446 g/mol. The largest absolute Gasteiger partial charge is 0.318 e. The van der Waals surface area contributed by atoms with E-state index in [0.717, 1.165) is 39.4 Å². The number of thioether (sulfide) groups is 1. The first-order valence-electron chi connectivity index (χ1n) is 10.0. The van der Waals surface area contributed by atoms with E-state index >= 15 is 0 Å². The van der Waals surface area contributed by atoms with Crippen LogP contribution in [0.4, 0.5) is 0 Å². The van der Waals surface area contributed by atoms with Crippen LogP contribution in [-0.2, 0) is 14.6 Å². The van der Waals surface area contributed by atoms with Gasteiger partial charge in [-0.1, -0.05) is 13.0 Å². The molecular formula is C22H23N5O3S2. The molecule has 10 heteroatoms. The molecule has 8 nitrogen and oxygen atoms in total. The van der Waals surface area contributed by atoms with Crippen molar-refractivity contribution >= 4 is 49.0 Å². The third-order valence-electron chi connectivity index (χ3n) is 5.60. The first-order chi connectivity index (χ1) is 15.0. The van der Waals surface area contributed by atoms with Crippen molar-refractivity contribution in [3.05, 3.63) is 57.9 Å². The number of hydrogen-bond acceptors (Lipinski definition) is 6. The van der Waals surface area contributed by atoms with Gasteiger partial charge in [0.25, 0.3) is 5.91 Å². The summed E-state index contributed by atoms with van der Waals surface area (Å²) in [6, 6.07) is 8.19. The van der Waals surface area contributed by atoms with Gasteiger partial charge in [0.1, 0.15) is 0 Å². The van der Waals surface area contributed by atoms with Crippen LogP contribution in [0.3, 0.4) is 0 Å². The molecule has 32 heavy (non-hydrogen) atoms. The monoisotopic (exact) mass is 469 g/mol. The molecule has 166 valence electrons. The van der Waals surface area contributed by atoms with E-state index in [2.05, 4.69) is 46.7 Å². The Hall–Kier alpha value is -2.98. The zero-order valence-electron chi connectivity index (χ0n) is 18.4. The Morgan fingerprint density at radius 3 is 2.50 bits per heavy atom. The minimum Gasteiger partial charge on any atom is -0.318 e. The smallest absolute Gasteiger partial charge is 0.283 e. The average molecular weight is 470 g/mol. The average Bonchev–Trinajstić information content (AvgIpc) is 3.29. The SMILES string of the molecule is CCS(=O)(=O)C1=NN2C(=N)/C(=C\c3cc(C)n(-c4ccc(C)c(C)c4)c3C)C(=O)N=C2S1. The number of carbonyl (C=O) groups excluding carboxylic acids is 1. The van der Waals surface area contributed by atoms with Crippen LogP contribution < -0.4 is 0 Å². The molecule has 0 unspecified atom stereocenters. The summed E-state index contributed by atoms with van der Waals surface area (Å²) in [5.41, 5.74) is 6.17. The summed E-state index contributed by atoms with van der Waals surface area (Å²) in [5, 5.41) is 13.7. The second kappa shape index (κ2) is 7.86. The quantitative estimate of drug-likeness (QED) is 0.689. The highest BCUT2D eigenvalue weighted by Crippen LogP contribution is 2.31. The van der Waals surface area contributed by atoms with Gasteiger partial charge in [-0.15, -0.1) is 5.10 Å². The molecule has 3 heterocycles. The fourth-order valence-electron chi connectivity index (χ4n) is 3.57. The maximum absolute atomic E-state index is 12.7. The number of fused-ring (bicyclic) bond motifs is 1. The van der Waals surface area contributed by atoms with Crippen LogP contribution in [0.15, 0.2) is 39.9 Å². The van der Waals surface area contributed by atoms with E-state index in [1.54, 1.807) is 6.08 Å². The van der Waals surface area contributed by atoms with Gasteiger partial charge in [-0.3, -0.25) is 10.2 Å². The predicted octanol–water partition coefficient (Wildman–Crippen LogP) is 3.72. The molecule has 0 fully saturated rings.